The third-order valence-electron chi connectivity index (χ3n) is 5.52. The Kier molecular flexibility index (Phi) is 6.13. The van der Waals surface area contributed by atoms with Gasteiger partial charge in [0.15, 0.2) is 0 Å². The molecule has 0 saturated carbocycles. The Morgan fingerprint density at radius 2 is 2.26 bits per heavy atom. The number of hydrogen-bond acceptors (Lipinski definition) is 5. The van der Waals surface area contributed by atoms with E-state index in [-0.39, 0.29) is 13.0 Å². The van der Waals surface area contributed by atoms with Crippen LogP contribution < -0.4 is 15.4 Å². The normalized spacial score (nSPS) is 19.0. The molecule has 1 fully saturated rings. The molecule has 1 aliphatic heterocycles. The van der Waals surface area contributed by atoms with Crippen LogP contribution in [0, 0.1) is 6.92 Å². The summed E-state index contributed by atoms with van der Waals surface area (Å²) in [6.07, 6.45) is 1.75. The van der Waals surface area contributed by atoms with Crippen LogP contribution in [0.25, 0.3) is 5.52 Å². The van der Waals surface area contributed by atoms with Crippen molar-refractivity contribution in [2.24, 2.45) is 0 Å². The maximum Gasteiger partial charge on any atom is 0.255 e. The van der Waals surface area contributed by atoms with E-state index in [1.165, 1.54) is 0 Å². The van der Waals surface area contributed by atoms with Crippen molar-refractivity contribution in [2.45, 2.75) is 44.8 Å². The van der Waals surface area contributed by atoms with Crippen molar-refractivity contribution >= 4 is 11.4 Å². The Morgan fingerprint density at radius 3 is 2.97 bits per heavy atom. The lowest BCUT2D eigenvalue weighted by atomic mass is 9.86. The summed E-state index contributed by atoms with van der Waals surface area (Å²) in [7, 11) is 0. The SMILES string of the molecule is Cc1nn2ccc(OCc3ccccn3)cc2c1C(=O)NC1(CC(F)F)CCCNC1. The fourth-order valence-corrected chi connectivity index (χ4v) is 4.05. The van der Waals surface area contributed by atoms with Crippen molar-refractivity contribution in [1.82, 2.24) is 25.2 Å². The van der Waals surface area contributed by atoms with Gasteiger partial charge in [-0.05, 0) is 44.5 Å². The lowest BCUT2D eigenvalue weighted by molar-refractivity contribution is 0.0662. The van der Waals surface area contributed by atoms with Crippen LogP contribution in [0.2, 0.25) is 0 Å². The fourth-order valence-electron chi connectivity index (χ4n) is 4.05. The summed E-state index contributed by atoms with van der Waals surface area (Å²) in [5, 5.41) is 10.4. The highest BCUT2D eigenvalue weighted by molar-refractivity contribution is 6.02. The minimum absolute atomic E-state index is 0.287. The second-order valence-corrected chi connectivity index (χ2v) is 7.87. The predicted octanol–water partition coefficient (Wildman–Crippen LogP) is 3.12. The van der Waals surface area contributed by atoms with E-state index in [4.69, 9.17) is 4.74 Å². The number of halogens is 2. The molecule has 164 valence electrons. The number of aromatic nitrogens is 3. The third-order valence-corrected chi connectivity index (χ3v) is 5.52. The van der Waals surface area contributed by atoms with Gasteiger partial charge in [-0.2, -0.15) is 5.10 Å². The fraction of sp³-hybridized carbons (Fsp3) is 0.409. The van der Waals surface area contributed by atoms with Crippen molar-refractivity contribution in [3.8, 4) is 5.75 Å². The number of alkyl halides is 2. The first-order valence-electron chi connectivity index (χ1n) is 10.3. The van der Waals surface area contributed by atoms with Crippen molar-refractivity contribution < 1.29 is 18.3 Å². The molecule has 4 rings (SSSR count). The number of fused-ring (bicyclic) bond motifs is 1. The molecule has 1 unspecified atom stereocenters. The second-order valence-electron chi connectivity index (χ2n) is 7.87. The van der Waals surface area contributed by atoms with Crippen molar-refractivity contribution in [3.05, 3.63) is 59.7 Å². The van der Waals surface area contributed by atoms with Gasteiger partial charge in [0.2, 0.25) is 6.43 Å². The average molecular weight is 429 g/mol. The van der Waals surface area contributed by atoms with Gasteiger partial charge in [-0.25, -0.2) is 13.3 Å². The number of hydrogen-bond donors (Lipinski definition) is 2. The quantitative estimate of drug-likeness (QED) is 0.603. The van der Waals surface area contributed by atoms with Crippen LogP contribution in [0.4, 0.5) is 8.78 Å². The summed E-state index contributed by atoms with van der Waals surface area (Å²) in [6, 6.07) is 9.07. The topological polar surface area (TPSA) is 80.5 Å². The van der Waals surface area contributed by atoms with Crippen LogP contribution >= 0.6 is 0 Å². The Labute approximate surface area is 178 Å². The Balaban J connectivity index is 1.58. The first-order chi connectivity index (χ1) is 15.0. The van der Waals surface area contributed by atoms with Gasteiger partial charge < -0.3 is 15.4 Å². The molecule has 31 heavy (non-hydrogen) atoms. The number of piperidine rings is 1. The Hall–Kier alpha value is -3.07. The summed E-state index contributed by atoms with van der Waals surface area (Å²) in [5.74, 6) is 0.160. The van der Waals surface area contributed by atoms with E-state index >= 15 is 0 Å². The number of nitrogens with one attached hydrogen (secondary N) is 2. The van der Waals surface area contributed by atoms with Gasteiger partial charge in [0.25, 0.3) is 5.91 Å². The monoisotopic (exact) mass is 429 g/mol. The number of carbonyl (C=O) groups excluding carboxylic acids is 1. The number of carbonyl (C=O) groups is 1. The number of nitrogens with zero attached hydrogens (tertiary/aromatic N) is 3. The maximum absolute atomic E-state index is 13.2. The molecule has 1 atom stereocenters. The summed E-state index contributed by atoms with van der Waals surface area (Å²) in [5.41, 5.74) is 1.25. The molecule has 1 amide bonds. The zero-order valence-electron chi connectivity index (χ0n) is 17.3. The van der Waals surface area contributed by atoms with Crippen molar-refractivity contribution in [3.63, 3.8) is 0 Å². The molecule has 0 aromatic carbocycles. The zero-order chi connectivity index (χ0) is 21.8. The van der Waals surface area contributed by atoms with Crippen LogP contribution in [0.5, 0.6) is 5.75 Å². The number of amides is 1. The highest BCUT2D eigenvalue weighted by atomic mass is 19.3. The minimum atomic E-state index is -2.50. The lowest BCUT2D eigenvalue weighted by Crippen LogP contribution is -2.58. The number of aryl methyl sites for hydroxylation is 1. The van der Waals surface area contributed by atoms with Gasteiger partial charge >= 0.3 is 0 Å². The number of rotatable bonds is 7. The van der Waals surface area contributed by atoms with E-state index < -0.39 is 17.9 Å². The smallest absolute Gasteiger partial charge is 0.255 e. The van der Waals surface area contributed by atoms with Crippen LogP contribution in [0.3, 0.4) is 0 Å². The summed E-state index contributed by atoms with van der Waals surface area (Å²) in [6.45, 7) is 3.09. The van der Waals surface area contributed by atoms with Gasteiger partial charge in [0.1, 0.15) is 12.4 Å². The molecule has 1 aliphatic rings. The van der Waals surface area contributed by atoms with Crippen LogP contribution in [-0.4, -0.2) is 45.6 Å². The van der Waals surface area contributed by atoms with Crippen molar-refractivity contribution in [2.75, 3.05) is 13.1 Å². The van der Waals surface area contributed by atoms with E-state index in [0.29, 0.717) is 35.5 Å². The third kappa shape index (κ3) is 4.82. The molecule has 3 aromatic heterocycles. The summed E-state index contributed by atoms with van der Waals surface area (Å²) >= 11 is 0. The summed E-state index contributed by atoms with van der Waals surface area (Å²) < 4.78 is 33.9. The Morgan fingerprint density at radius 1 is 1.39 bits per heavy atom. The molecule has 9 heteroatoms. The molecule has 0 spiro atoms. The van der Waals surface area contributed by atoms with E-state index in [9.17, 15) is 13.6 Å². The molecule has 0 radical (unpaired) electrons. The maximum atomic E-state index is 13.2. The largest absolute Gasteiger partial charge is 0.487 e. The lowest BCUT2D eigenvalue weighted by Gasteiger charge is -2.38. The van der Waals surface area contributed by atoms with Crippen LogP contribution in [0.1, 0.15) is 41.0 Å². The Bertz CT molecular complexity index is 1050. The molecule has 7 nitrogen and oxygen atoms in total. The number of pyridine rings is 2. The second kappa shape index (κ2) is 8.97. The molecule has 0 bridgehead atoms. The first-order valence-corrected chi connectivity index (χ1v) is 10.3. The van der Waals surface area contributed by atoms with Gasteiger partial charge in [-0.1, -0.05) is 6.07 Å². The van der Waals surface area contributed by atoms with E-state index in [2.05, 4.69) is 20.7 Å². The van der Waals surface area contributed by atoms with Gasteiger partial charge in [-0.3, -0.25) is 9.78 Å². The van der Waals surface area contributed by atoms with Crippen molar-refractivity contribution in [1.29, 1.82) is 0 Å². The number of ether oxygens (including phenoxy) is 1. The van der Waals surface area contributed by atoms with Crippen LogP contribution in [-0.2, 0) is 6.61 Å². The van der Waals surface area contributed by atoms with E-state index in [1.807, 2.05) is 18.2 Å². The highest BCUT2D eigenvalue weighted by Gasteiger charge is 2.37. The van der Waals surface area contributed by atoms with Crippen LogP contribution in [0.15, 0.2) is 42.7 Å². The first kappa shape index (κ1) is 21.2. The molecule has 2 N–H and O–H groups in total. The van der Waals surface area contributed by atoms with Gasteiger partial charge in [-0.15, -0.1) is 0 Å². The standard InChI is InChI=1S/C22H25F2N5O2/c1-15-20(21(30)27-22(12-19(23)24)7-4-8-25-14-22)18-11-17(6-10-29(18)28-15)31-13-16-5-2-3-9-26-16/h2-3,5-6,9-11,19,25H,4,7-8,12-14H2,1H3,(H,27,30). The molecule has 0 aliphatic carbocycles. The van der Waals surface area contributed by atoms with E-state index in [0.717, 1.165) is 18.7 Å². The molecular weight excluding hydrogens is 404 g/mol. The molecule has 3 aromatic rings. The zero-order valence-corrected chi connectivity index (χ0v) is 17.3. The molecular formula is C22H25F2N5O2. The highest BCUT2D eigenvalue weighted by Crippen LogP contribution is 2.27. The average Bonchev–Trinajstić information content (AvgIpc) is 3.08. The van der Waals surface area contributed by atoms with E-state index in [1.54, 1.807) is 36.0 Å². The van der Waals surface area contributed by atoms with Gasteiger partial charge in [0.05, 0.1) is 28.0 Å². The van der Waals surface area contributed by atoms with Gasteiger partial charge in [0, 0.05) is 31.4 Å². The predicted molar refractivity (Wildman–Crippen MR) is 111 cm³/mol. The summed E-state index contributed by atoms with van der Waals surface area (Å²) in [4.78, 5) is 17.4. The minimum Gasteiger partial charge on any atom is -0.487 e. The molecule has 1 saturated heterocycles. The molecule has 4 heterocycles.